The van der Waals surface area contributed by atoms with E-state index in [9.17, 15) is 0 Å². The van der Waals surface area contributed by atoms with Crippen molar-refractivity contribution in [3.63, 3.8) is 0 Å². The van der Waals surface area contributed by atoms with Crippen LogP contribution in [0.4, 0.5) is 0 Å². The molecule has 0 saturated carbocycles. The lowest BCUT2D eigenvalue weighted by Crippen LogP contribution is -2.09. The molecule has 0 aliphatic rings. The Labute approximate surface area is 126 Å². The van der Waals surface area contributed by atoms with Gasteiger partial charge in [0, 0.05) is 12.8 Å². The maximum absolute atomic E-state index is 5.62. The minimum absolute atomic E-state index is 0.655. The molecule has 0 radical (unpaired) electrons. The van der Waals surface area contributed by atoms with Gasteiger partial charge in [0.1, 0.15) is 0 Å². The van der Waals surface area contributed by atoms with Gasteiger partial charge in [-0.1, -0.05) is 48.3 Å². The Morgan fingerprint density at radius 1 is 1.19 bits per heavy atom. The van der Waals surface area contributed by atoms with Crippen molar-refractivity contribution in [2.24, 2.45) is 11.7 Å². The fourth-order valence-corrected chi connectivity index (χ4v) is 2.47. The van der Waals surface area contributed by atoms with Gasteiger partial charge in [-0.15, -0.1) is 0 Å². The fourth-order valence-electron chi connectivity index (χ4n) is 2.47. The summed E-state index contributed by atoms with van der Waals surface area (Å²) in [6.07, 6.45) is 4.87. The van der Waals surface area contributed by atoms with Crippen LogP contribution in [0, 0.1) is 12.8 Å². The molecule has 1 aromatic heterocycles. The van der Waals surface area contributed by atoms with Crippen LogP contribution in [0.25, 0.3) is 0 Å². The van der Waals surface area contributed by atoms with E-state index in [4.69, 9.17) is 10.3 Å². The fraction of sp³-hybridized carbons (Fsp3) is 0.529. The first kappa shape index (κ1) is 15.7. The zero-order valence-electron chi connectivity index (χ0n) is 13.0. The van der Waals surface area contributed by atoms with Gasteiger partial charge in [-0.05, 0) is 37.8 Å². The largest absolute Gasteiger partial charge is 0.339 e. The van der Waals surface area contributed by atoms with Crippen LogP contribution in [-0.2, 0) is 12.8 Å². The summed E-state index contributed by atoms with van der Waals surface area (Å²) in [5.74, 6) is 2.16. The minimum Gasteiger partial charge on any atom is -0.339 e. The van der Waals surface area contributed by atoms with Crippen molar-refractivity contribution in [1.82, 2.24) is 10.1 Å². The predicted octanol–water partition coefficient (Wildman–Crippen LogP) is 3.28. The molecule has 1 aromatic carbocycles. The summed E-state index contributed by atoms with van der Waals surface area (Å²) in [6.45, 7) is 5.04. The topological polar surface area (TPSA) is 64.9 Å². The summed E-state index contributed by atoms with van der Waals surface area (Å²) >= 11 is 0. The summed E-state index contributed by atoms with van der Waals surface area (Å²) in [7, 11) is 0. The molecular formula is C17H25N3O. The molecule has 1 heterocycles. The van der Waals surface area contributed by atoms with Gasteiger partial charge in [-0.3, -0.25) is 0 Å². The van der Waals surface area contributed by atoms with Gasteiger partial charge in [-0.25, -0.2) is 0 Å². The normalized spacial score (nSPS) is 12.5. The monoisotopic (exact) mass is 287 g/mol. The quantitative estimate of drug-likeness (QED) is 0.809. The number of aromatic nitrogens is 2. The van der Waals surface area contributed by atoms with Gasteiger partial charge in [0.2, 0.25) is 5.89 Å². The van der Waals surface area contributed by atoms with E-state index in [0.29, 0.717) is 5.92 Å². The molecule has 0 amide bonds. The first-order valence-electron chi connectivity index (χ1n) is 7.78. The molecule has 1 atom stereocenters. The van der Waals surface area contributed by atoms with Crippen molar-refractivity contribution in [2.75, 3.05) is 6.54 Å². The van der Waals surface area contributed by atoms with E-state index in [2.05, 4.69) is 48.3 Å². The van der Waals surface area contributed by atoms with Gasteiger partial charge in [-0.2, -0.15) is 4.98 Å². The Bertz CT molecular complexity index is 533. The summed E-state index contributed by atoms with van der Waals surface area (Å²) in [5.41, 5.74) is 8.10. The molecular weight excluding hydrogens is 262 g/mol. The van der Waals surface area contributed by atoms with E-state index in [1.807, 2.05) is 0 Å². The minimum atomic E-state index is 0.655. The van der Waals surface area contributed by atoms with Crippen LogP contribution >= 0.6 is 0 Å². The molecule has 2 aromatic rings. The highest BCUT2D eigenvalue weighted by Gasteiger charge is 2.11. The van der Waals surface area contributed by atoms with Gasteiger partial charge >= 0.3 is 0 Å². The Balaban J connectivity index is 1.87. The lowest BCUT2D eigenvalue weighted by Gasteiger charge is -2.11. The van der Waals surface area contributed by atoms with Crippen molar-refractivity contribution in [3.05, 3.63) is 47.1 Å². The Morgan fingerprint density at radius 2 is 1.95 bits per heavy atom. The van der Waals surface area contributed by atoms with Crippen molar-refractivity contribution in [1.29, 1.82) is 0 Å². The number of rotatable bonds is 8. The molecule has 0 bridgehead atoms. The molecule has 1 unspecified atom stereocenters. The zero-order chi connectivity index (χ0) is 15.1. The van der Waals surface area contributed by atoms with Gasteiger partial charge in [0.25, 0.3) is 0 Å². The Hall–Kier alpha value is -1.68. The van der Waals surface area contributed by atoms with Crippen LogP contribution in [0.1, 0.15) is 49.0 Å². The van der Waals surface area contributed by atoms with E-state index < -0.39 is 0 Å². The van der Waals surface area contributed by atoms with Crippen LogP contribution in [-0.4, -0.2) is 16.7 Å². The highest BCUT2D eigenvalue weighted by molar-refractivity contribution is 5.23. The van der Waals surface area contributed by atoms with Crippen molar-refractivity contribution in [2.45, 2.75) is 46.0 Å². The molecule has 114 valence electrons. The molecule has 0 saturated heterocycles. The van der Waals surface area contributed by atoms with Crippen molar-refractivity contribution >= 4 is 0 Å². The molecule has 2 rings (SSSR count). The van der Waals surface area contributed by atoms with E-state index in [0.717, 1.165) is 50.4 Å². The summed E-state index contributed by atoms with van der Waals surface area (Å²) < 4.78 is 5.34. The molecule has 0 aliphatic heterocycles. The number of aryl methyl sites for hydroxylation is 2. The maximum atomic E-state index is 5.62. The Morgan fingerprint density at radius 3 is 2.62 bits per heavy atom. The maximum Gasteiger partial charge on any atom is 0.226 e. The lowest BCUT2D eigenvalue weighted by molar-refractivity contribution is 0.351. The van der Waals surface area contributed by atoms with E-state index in [-0.39, 0.29) is 0 Å². The number of hydrogen-bond donors (Lipinski definition) is 1. The third-order valence-electron chi connectivity index (χ3n) is 3.91. The molecule has 0 fully saturated rings. The second kappa shape index (κ2) is 7.93. The third-order valence-corrected chi connectivity index (χ3v) is 3.91. The molecule has 2 N–H and O–H groups in total. The summed E-state index contributed by atoms with van der Waals surface area (Å²) in [5, 5.41) is 4.07. The van der Waals surface area contributed by atoms with Gasteiger partial charge < -0.3 is 10.3 Å². The van der Waals surface area contributed by atoms with Gasteiger partial charge in [0.15, 0.2) is 5.82 Å². The second-order valence-electron chi connectivity index (χ2n) is 5.66. The molecule has 4 nitrogen and oxygen atoms in total. The van der Waals surface area contributed by atoms with Crippen LogP contribution < -0.4 is 5.73 Å². The number of hydrogen-bond acceptors (Lipinski definition) is 4. The van der Waals surface area contributed by atoms with Crippen LogP contribution in [0.15, 0.2) is 28.8 Å². The smallest absolute Gasteiger partial charge is 0.226 e. The van der Waals surface area contributed by atoms with E-state index in [1.54, 1.807) is 0 Å². The van der Waals surface area contributed by atoms with Crippen LogP contribution in [0.2, 0.25) is 0 Å². The van der Waals surface area contributed by atoms with Gasteiger partial charge in [0.05, 0.1) is 0 Å². The lowest BCUT2D eigenvalue weighted by atomic mass is 9.97. The van der Waals surface area contributed by atoms with E-state index >= 15 is 0 Å². The van der Waals surface area contributed by atoms with Crippen LogP contribution in [0.3, 0.4) is 0 Å². The average molecular weight is 287 g/mol. The first-order chi connectivity index (χ1) is 10.2. The third kappa shape index (κ3) is 4.97. The SMILES string of the molecule is CCC(CCN)CCc1nc(Cc2ccc(C)cc2)no1. The van der Waals surface area contributed by atoms with Crippen molar-refractivity contribution in [3.8, 4) is 0 Å². The molecule has 0 aliphatic carbocycles. The molecule has 4 heteroatoms. The van der Waals surface area contributed by atoms with Crippen molar-refractivity contribution < 1.29 is 4.52 Å². The molecule has 21 heavy (non-hydrogen) atoms. The Kier molecular flexibility index (Phi) is 5.93. The zero-order valence-corrected chi connectivity index (χ0v) is 13.0. The second-order valence-corrected chi connectivity index (χ2v) is 5.66. The summed E-state index contributed by atoms with van der Waals surface area (Å²) in [6, 6.07) is 8.43. The number of nitrogens with two attached hydrogens (primary N) is 1. The van der Waals surface area contributed by atoms with Crippen LogP contribution in [0.5, 0.6) is 0 Å². The predicted molar refractivity (Wildman–Crippen MR) is 84.1 cm³/mol. The van der Waals surface area contributed by atoms with E-state index in [1.165, 1.54) is 11.1 Å². The highest BCUT2D eigenvalue weighted by atomic mass is 16.5. The number of nitrogens with zero attached hydrogens (tertiary/aromatic N) is 2. The summed E-state index contributed by atoms with van der Waals surface area (Å²) in [4.78, 5) is 4.49. The first-order valence-corrected chi connectivity index (χ1v) is 7.78. The number of benzene rings is 1. The average Bonchev–Trinajstić information content (AvgIpc) is 2.93. The molecule has 0 spiro atoms. The standard InChI is InChI=1S/C17H25N3O/c1-3-14(10-11-18)8-9-17-19-16(20-21-17)12-15-6-4-13(2)5-7-15/h4-7,14H,3,8-12,18H2,1-2H3. The highest BCUT2D eigenvalue weighted by Crippen LogP contribution is 2.16.